The first-order valence-electron chi connectivity index (χ1n) is 12.7. The summed E-state index contributed by atoms with van der Waals surface area (Å²) in [6.07, 6.45) is 1.40. The molecule has 0 saturated carbocycles. The van der Waals surface area contributed by atoms with Gasteiger partial charge in [-0.2, -0.15) is 0 Å². The van der Waals surface area contributed by atoms with Crippen molar-refractivity contribution in [2.75, 3.05) is 19.7 Å². The number of ketones is 1. The van der Waals surface area contributed by atoms with Crippen molar-refractivity contribution >= 4 is 23.2 Å². The second-order valence-corrected chi connectivity index (χ2v) is 10.00. The molecule has 0 bridgehead atoms. The molecule has 3 aliphatic rings. The molecule has 3 aromatic rings. The van der Waals surface area contributed by atoms with Gasteiger partial charge >= 0.3 is 6.03 Å². The Morgan fingerprint density at radius 2 is 1.86 bits per heavy atom. The second-order valence-electron chi connectivity index (χ2n) is 10.00. The summed E-state index contributed by atoms with van der Waals surface area (Å²) in [6.45, 7) is 3.56. The number of piperidine rings is 1. The van der Waals surface area contributed by atoms with E-state index in [-0.39, 0.29) is 24.1 Å². The van der Waals surface area contributed by atoms with Gasteiger partial charge in [0.15, 0.2) is 0 Å². The topological polar surface area (TPSA) is 62.2 Å². The van der Waals surface area contributed by atoms with Crippen LogP contribution >= 0.6 is 0 Å². The molecule has 1 unspecified atom stereocenters. The predicted octanol–water partition coefficient (Wildman–Crippen LogP) is 5.86. The Bertz CT molecular complexity index is 1430. The number of rotatable bonds is 2. The highest BCUT2D eigenvalue weighted by atomic mass is 19.1. The minimum absolute atomic E-state index is 0.0846. The zero-order valence-corrected chi connectivity index (χ0v) is 20.7. The van der Waals surface area contributed by atoms with Crippen molar-refractivity contribution < 1.29 is 18.7 Å². The average molecular weight is 498 g/mol. The molecule has 1 fully saturated rings. The van der Waals surface area contributed by atoms with Gasteiger partial charge in [-0.1, -0.05) is 30.3 Å². The predicted molar refractivity (Wildman–Crippen MR) is 140 cm³/mol. The fourth-order valence-electron chi connectivity index (χ4n) is 5.51. The van der Waals surface area contributed by atoms with Crippen LogP contribution in [0.4, 0.5) is 14.9 Å². The number of likely N-dealkylation sites (tertiary alicyclic amines) is 1. The molecule has 3 heterocycles. The molecule has 1 saturated heterocycles. The van der Waals surface area contributed by atoms with Gasteiger partial charge in [0.1, 0.15) is 24.0 Å². The molecular weight excluding hydrogens is 469 g/mol. The number of carbonyl (C=O) groups excluding carboxylic acids is 2. The van der Waals surface area contributed by atoms with Crippen molar-refractivity contribution in [3.63, 3.8) is 0 Å². The van der Waals surface area contributed by atoms with E-state index in [1.807, 2.05) is 19.1 Å². The van der Waals surface area contributed by atoms with Crippen molar-refractivity contribution in [1.82, 2.24) is 9.80 Å². The lowest BCUT2D eigenvalue weighted by Gasteiger charge is -2.38. The average Bonchev–Trinajstić information content (AvgIpc) is 3.13. The Labute approximate surface area is 215 Å². The zero-order valence-electron chi connectivity index (χ0n) is 20.7. The van der Waals surface area contributed by atoms with Gasteiger partial charge < -0.3 is 14.5 Å². The molecule has 37 heavy (non-hydrogen) atoms. The van der Waals surface area contributed by atoms with Gasteiger partial charge in [-0.25, -0.2) is 9.18 Å². The van der Waals surface area contributed by atoms with E-state index in [4.69, 9.17) is 4.74 Å². The Kier molecular flexibility index (Phi) is 5.99. The number of ether oxygens (including phenoxy) is 1. The van der Waals surface area contributed by atoms with Crippen LogP contribution in [0.15, 0.2) is 65.7 Å². The van der Waals surface area contributed by atoms with Crippen LogP contribution in [0.1, 0.15) is 42.5 Å². The SMILES string of the molecule is CC1=Nc2cc(-c3ccc4c(c3)CN(C(=O)N3CCC(=O)CC3c3cccc(F)c3)CCO4)ccc2C1. The summed E-state index contributed by atoms with van der Waals surface area (Å²) in [6, 6.07) is 18.0. The first-order chi connectivity index (χ1) is 17.9. The van der Waals surface area contributed by atoms with E-state index in [1.54, 1.807) is 21.9 Å². The number of hydrogen-bond acceptors (Lipinski definition) is 4. The minimum atomic E-state index is -0.477. The number of halogens is 1. The van der Waals surface area contributed by atoms with E-state index in [2.05, 4.69) is 29.3 Å². The van der Waals surface area contributed by atoms with Gasteiger partial charge in [-0.3, -0.25) is 9.79 Å². The molecule has 0 N–H and O–H groups in total. The van der Waals surface area contributed by atoms with Gasteiger partial charge in [-0.15, -0.1) is 0 Å². The molecule has 2 amide bonds. The molecule has 188 valence electrons. The number of urea groups is 1. The maximum atomic E-state index is 14.0. The third-order valence-corrected chi connectivity index (χ3v) is 7.40. The molecule has 1 atom stereocenters. The number of amides is 2. The molecule has 7 heteroatoms. The number of benzene rings is 3. The lowest BCUT2D eigenvalue weighted by molar-refractivity contribution is -0.122. The molecule has 0 spiro atoms. The summed E-state index contributed by atoms with van der Waals surface area (Å²) in [5.74, 6) is 0.478. The van der Waals surface area contributed by atoms with E-state index in [9.17, 15) is 14.0 Å². The standard InChI is InChI=1S/C30H28FN3O3/c1-19-13-22-6-5-21(16-27(22)32-19)20-7-8-29-24(14-20)18-33(11-12-37-29)30(36)34-10-9-26(35)17-28(34)23-3-2-4-25(31)15-23/h2-8,14-16,28H,9-13,17-18H2,1H3. The number of Topliss-reactive ketones (excluding diaryl/α,β-unsaturated/α-hetero) is 1. The fraction of sp³-hybridized carbons (Fsp3) is 0.300. The van der Waals surface area contributed by atoms with Crippen LogP contribution in [0.5, 0.6) is 5.75 Å². The molecule has 0 aliphatic carbocycles. The van der Waals surface area contributed by atoms with Crippen molar-refractivity contribution in [1.29, 1.82) is 0 Å². The number of fused-ring (bicyclic) bond motifs is 2. The van der Waals surface area contributed by atoms with Gasteiger partial charge in [-0.05, 0) is 59.5 Å². The smallest absolute Gasteiger partial charge is 0.320 e. The van der Waals surface area contributed by atoms with Crippen LogP contribution < -0.4 is 4.74 Å². The van der Waals surface area contributed by atoms with Crippen molar-refractivity contribution in [3.8, 4) is 16.9 Å². The van der Waals surface area contributed by atoms with E-state index in [0.29, 0.717) is 38.2 Å². The van der Waals surface area contributed by atoms with Crippen LogP contribution in [0, 0.1) is 5.82 Å². The summed E-state index contributed by atoms with van der Waals surface area (Å²) in [4.78, 5) is 34.2. The molecule has 0 aromatic heterocycles. The summed E-state index contributed by atoms with van der Waals surface area (Å²) in [5, 5.41) is 0. The largest absolute Gasteiger partial charge is 0.491 e. The Morgan fingerprint density at radius 1 is 1.03 bits per heavy atom. The summed E-state index contributed by atoms with van der Waals surface area (Å²) in [5.41, 5.74) is 7.06. The highest BCUT2D eigenvalue weighted by molar-refractivity contribution is 5.93. The maximum Gasteiger partial charge on any atom is 0.320 e. The van der Waals surface area contributed by atoms with Crippen LogP contribution in [0.3, 0.4) is 0 Å². The van der Waals surface area contributed by atoms with Crippen LogP contribution in [0.2, 0.25) is 0 Å². The number of carbonyl (C=O) groups is 2. The minimum Gasteiger partial charge on any atom is -0.491 e. The number of hydrogen-bond donors (Lipinski definition) is 0. The first kappa shape index (κ1) is 23.4. The highest BCUT2D eigenvalue weighted by Gasteiger charge is 2.35. The molecular formula is C30H28FN3O3. The van der Waals surface area contributed by atoms with E-state index >= 15 is 0 Å². The van der Waals surface area contributed by atoms with Gasteiger partial charge in [0.05, 0.1) is 24.8 Å². The van der Waals surface area contributed by atoms with Crippen LogP contribution in [0.25, 0.3) is 11.1 Å². The van der Waals surface area contributed by atoms with Gasteiger partial charge in [0.2, 0.25) is 0 Å². The number of nitrogens with zero attached hydrogens (tertiary/aromatic N) is 3. The fourth-order valence-corrected chi connectivity index (χ4v) is 5.51. The number of aliphatic imine (C=N–C) groups is 1. The Hall–Kier alpha value is -4.00. The first-order valence-corrected chi connectivity index (χ1v) is 12.7. The van der Waals surface area contributed by atoms with Crippen molar-refractivity contribution in [2.45, 2.75) is 38.8 Å². The van der Waals surface area contributed by atoms with Crippen molar-refractivity contribution in [3.05, 3.63) is 83.2 Å². The lowest BCUT2D eigenvalue weighted by Crippen LogP contribution is -2.48. The Morgan fingerprint density at radius 3 is 2.73 bits per heavy atom. The second kappa shape index (κ2) is 9.47. The third kappa shape index (κ3) is 4.61. The van der Waals surface area contributed by atoms with Crippen molar-refractivity contribution in [2.24, 2.45) is 4.99 Å². The van der Waals surface area contributed by atoms with E-state index in [0.717, 1.165) is 40.3 Å². The quantitative estimate of drug-likeness (QED) is 0.445. The molecule has 6 nitrogen and oxygen atoms in total. The highest BCUT2D eigenvalue weighted by Crippen LogP contribution is 2.36. The van der Waals surface area contributed by atoms with Crippen LogP contribution in [-0.4, -0.2) is 47.0 Å². The van der Waals surface area contributed by atoms with E-state index < -0.39 is 6.04 Å². The zero-order chi connectivity index (χ0) is 25.5. The molecule has 0 radical (unpaired) electrons. The summed E-state index contributed by atoms with van der Waals surface area (Å²) in [7, 11) is 0. The van der Waals surface area contributed by atoms with E-state index in [1.165, 1.54) is 17.7 Å². The molecule has 6 rings (SSSR count). The summed E-state index contributed by atoms with van der Waals surface area (Å²) < 4.78 is 20.0. The molecule has 3 aromatic carbocycles. The summed E-state index contributed by atoms with van der Waals surface area (Å²) >= 11 is 0. The normalized spacial score (nSPS) is 19.0. The monoisotopic (exact) mass is 497 g/mol. The van der Waals surface area contributed by atoms with Crippen LogP contribution in [-0.2, 0) is 17.8 Å². The lowest BCUT2D eigenvalue weighted by atomic mass is 9.94. The van der Waals surface area contributed by atoms with Gasteiger partial charge in [0.25, 0.3) is 0 Å². The molecule has 3 aliphatic heterocycles. The van der Waals surface area contributed by atoms with Gasteiger partial charge in [0, 0.05) is 37.1 Å². The third-order valence-electron chi connectivity index (χ3n) is 7.40. The Balaban J connectivity index is 1.27. The maximum absolute atomic E-state index is 14.0.